The number of hydrogen-bond donors (Lipinski definition) is 1. The van der Waals surface area contributed by atoms with E-state index in [0.29, 0.717) is 5.56 Å². The molecule has 1 aromatic carbocycles. The van der Waals surface area contributed by atoms with Crippen LogP contribution in [0.25, 0.3) is 0 Å². The minimum atomic E-state index is 0.665. The second-order valence-corrected chi connectivity index (χ2v) is 4.04. The lowest BCUT2D eigenvalue weighted by Crippen LogP contribution is -2.00. The molecule has 0 unspecified atom stereocenters. The number of halogens is 1. The van der Waals surface area contributed by atoms with Crippen molar-refractivity contribution in [2.75, 3.05) is 11.9 Å². The number of nitriles is 1. The number of nitrogens with one attached hydrogen (secondary N) is 1. The van der Waals surface area contributed by atoms with E-state index in [1.807, 2.05) is 25.1 Å². The number of hydrogen-bond acceptors (Lipinski definition) is 2. The monoisotopic (exact) mass is 264 g/mol. The normalized spacial score (nSPS) is 10.2. The predicted molar refractivity (Wildman–Crippen MR) is 66.8 cm³/mol. The number of nitrogens with zero attached hydrogens (tertiary/aromatic N) is 1. The van der Waals surface area contributed by atoms with E-state index in [0.717, 1.165) is 23.1 Å². The van der Waals surface area contributed by atoms with Gasteiger partial charge in [-0.3, -0.25) is 0 Å². The van der Waals surface area contributed by atoms with Crippen LogP contribution in [0.5, 0.6) is 0 Å². The first-order valence-electron chi connectivity index (χ1n) is 4.82. The van der Waals surface area contributed by atoms with E-state index in [9.17, 15) is 0 Å². The Morgan fingerprint density at radius 1 is 1.47 bits per heavy atom. The van der Waals surface area contributed by atoms with Gasteiger partial charge < -0.3 is 5.32 Å². The minimum absolute atomic E-state index is 0.665. The summed E-state index contributed by atoms with van der Waals surface area (Å²) in [5.41, 5.74) is 1.64. The third-order valence-electron chi connectivity index (χ3n) is 1.90. The largest absolute Gasteiger partial charge is 0.385 e. The van der Waals surface area contributed by atoms with E-state index < -0.39 is 0 Å². The minimum Gasteiger partial charge on any atom is -0.385 e. The molecule has 0 saturated carbocycles. The summed E-state index contributed by atoms with van der Waals surface area (Å²) in [5, 5.41) is 12.0. The molecular formula is C12H13BrN2. The van der Waals surface area contributed by atoms with E-state index in [1.165, 1.54) is 0 Å². The molecule has 1 rings (SSSR count). The molecule has 2 nitrogen and oxygen atoms in total. The molecule has 1 N–H and O–H groups in total. The zero-order valence-corrected chi connectivity index (χ0v) is 10.2. The SMILES string of the molecule is C/C=C/CCNc1cc(Br)cc(C#N)c1. The van der Waals surface area contributed by atoms with Crippen LogP contribution < -0.4 is 5.32 Å². The van der Waals surface area contributed by atoms with Gasteiger partial charge in [-0.15, -0.1) is 0 Å². The molecule has 0 spiro atoms. The van der Waals surface area contributed by atoms with Gasteiger partial charge in [0.25, 0.3) is 0 Å². The second kappa shape index (κ2) is 6.26. The molecule has 3 heteroatoms. The van der Waals surface area contributed by atoms with Crippen molar-refractivity contribution in [2.45, 2.75) is 13.3 Å². The molecule has 0 radical (unpaired) electrons. The highest BCUT2D eigenvalue weighted by atomic mass is 79.9. The molecule has 0 aromatic heterocycles. The quantitative estimate of drug-likeness (QED) is 0.665. The summed E-state index contributed by atoms with van der Waals surface area (Å²) >= 11 is 3.37. The van der Waals surface area contributed by atoms with Crippen molar-refractivity contribution in [3.63, 3.8) is 0 Å². The van der Waals surface area contributed by atoms with Crippen LogP contribution in [-0.2, 0) is 0 Å². The highest BCUT2D eigenvalue weighted by Crippen LogP contribution is 2.19. The molecule has 0 aliphatic rings. The van der Waals surface area contributed by atoms with E-state index in [1.54, 1.807) is 6.07 Å². The van der Waals surface area contributed by atoms with Crippen LogP contribution in [0, 0.1) is 11.3 Å². The van der Waals surface area contributed by atoms with E-state index in [2.05, 4.69) is 33.4 Å². The average molecular weight is 265 g/mol. The van der Waals surface area contributed by atoms with Crippen molar-refractivity contribution in [1.29, 1.82) is 5.26 Å². The van der Waals surface area contributed by atoms with Gasteiger partial charge in [-0.05, 0) is 31.5 Å². The zero-order valence-electron chi connectivity index (χ0n) is 8.63. The van der Waals surface area contributed by atoms with Crippen LogP contribution in [0.1, 0.15) is 18.9 Å². The third kappa shape index (κ3) is 4.18. The summed E-state index contributed by atoms with van der Waals surface area (Å²) < 4.78 is 0.926. The maximum atomic E-state index is 8.79. The fourth-order valence-electron chi connectivity index (χ4n) is 1.22. The molecular weight excluding hydrogens is 252 g/mol. The first kappa shape index (κ1) is 11.8. The van der Waals surface area contributed by atoms with Crippen LogP contribution in [0.2, 0.25) is 0 Å². The Morgan fingerprint density at radius 3 is 2.93 bits per heavy atom. The molecule has 0 heterocycles. The van der Waals surface area contributed by atoms with Gasteiger partial charge in [0.1, 0.15) is 0 Å². The lowest BCUT2D eigenvalue weighted by atomic mass is 10.2. The molecule has 0 aliphatic carbocycles. The predicted octanol–water partition coefficient (Wildman–Crippen LogP) is 3.70. The van der Waals surface area contributed by atoms with Crippen LogP contribution in [-0.4, -0.2) is 6.54 Å². The van der Waals surface area contributed by atoms with Gasteiger partial charge in [0, 0.05) is 16.7 Å². The summed E-state index contributed by atoms with van der Waals surface area (Å²) in [6.45, 7) is 2.89. The lowest BCUT2D eigenvalue weighted by molar-refractivity contribution is 1.06. The zero-order chi connectivity index (χ0) is 11.1. The molecule has 0 saturated heterocycles. The molecule has 15 heavy (non-hydrogen) atoms. The van der Waals surface area contributed by atoms with Crippen molar-refractivity contribution in [1.82, 2.24) is 0 Å². The molecule has 0 bridgehead atoms. The summed E-state index contributed by atoms with van der Waals surface area (Å²) in [5.74, 6) is 0. The van der Waals surface area contributed by atoms with Crippen LogP contribution in [0.15, 0.2) is 34.8 Å². The van der Waals surface area contributed by atoms with Gasteiger partial charge in [-0.1, -0.05) is 28.1 Å². The van der Waals surface area contributed by atoms with Crippen molar-refractivity contribution < 1.29 is 0 Å². The molecule has 0 atom stereocenters. The first-order valence-corrected chi connectivity index (χ1v) is 5.61. The Hall–Kier alpha value is -1.27. The molecule has 1 aromatic rings. The van der Waals surface area contributed by atoms with Crippen molar-refractivity contribution >= 4 is 21.6 Å². The van der Waals surface area contributed by atoms with Gasteiger partial charge in [0.2, 0.25) is 0 Å². The number of benzene rings is 1. The van der Waals surface area contributed by atoms with Gasteiger partial charge in [0.05, 0.1) is 11.6 Å². The Bertz CT molecular complexity index is 391. The molecule has 0 fully saturated rings. The van der Waals surface area contributed by atoms with E-state index >= 15 is 0 Å². The van der Waals surface area contributed by atoms with E-state index in [-0.39, 0.29) is 0 Å². The smallest absolute Gasteiger partial charge is 0.0992 e. The third-order valence-corrected chi connectivity index (χ3v) is 2.36. The number of rotatable bonds is 4. The Morgan fingerprint density at radius 2 is 2.27 bits per heavy atom. The standard InChI is InChI=1S/C12H13BrN2/c1-2-3-4-5-15-12-7-10(9-14)6-11(13)8-12/h2-3,6-8,15H,4-5H2,1H3/b3-2+. The van der Waals surface area contributed by atoms with Crippen molar-refractivity contribution in [2.24, 2.45) is 0 Å². The number of anilines is 1. The molecule has 78 valence electrons. The summed E-state index contributed by atoms with van der Waals surface area (Å²) in [6.07, 6.45) is 5.13. The van der Waals surface area contributed by atoms with Crippen LogP contribution in [0.4, 0.5) is 5.69 Å². The van der Waals surface area contributed by atoms with Crippen molar-refractivity contribution in [3.8, 4) is 6.07 Å². The van der Waals surface area contributed by atoms with Crippen molar-refractivity contribution in [3.05, 3.63) is 40.4 Å². The summed E-state index contributed by atoms with van der Waals surface area (Å²) in [4.78, 5) is 0. The molecule has 0 aliphatic heterocycles. The Kier molecular flexibility index (Phi) is 4.92. The molecule has 0 amide bonds. The maximum Gasteiger partial charge on any atom is 0.0992 e. The van der Waals surface area contributed by atoms with Crippen LogP contribution in [0.3, 0.4) is 0 Å². The Labute approximate surface area is 98.7 Å². The van der Waals surface area contributed by atoms with Gasteiger partial charge in [0.15, 0.2) is 0 Å². The fourth-order valence-corrected chi connectivity index (χ4v) is 1.72. The maximum absolute atomic E-state index is 8.79. The summed E-state index contributed by atoms with van der Waals surface area (Å²) in [6, 6.07) is 7.74. The Balaban J connectivity index is 2.61. The fraction of sp³-hybridized carbons (Fsp3) is 0.250. The van der Waals surface area contributed by atoms with Crippen LogP contribution >= 0.6 is 15.9 Å². The lowest BCUT2D eigenvalue weighted by Gasteiger charge is -2.05. The number of allylic oxidation sites excluding steroid dienone is 1. The first-order chi connectivity index (χ1) is 7.26. The van der Waals surface area contributed by atoms with Gasteiger partial charge >= 0.3 is 0 Å². The summed E-state index contributed by atoms with van der Waals surface area (Å²) in [7, 11) is 0. The highest BCUT2D eigenvalue weighted by molar-refractivity contribution is 9.10. The van der Waals surface area contributed by atoms with Gasteiger partial charge in [-0.25, -0.2) is 0 Å². The topological polar surface area (TPSA) is 35.8 Å². The average Bonchev–Trinajstić information content (AvgIpc) is 2.23. The van der Waals surface area contributed by atoms with Gasteiger partial charge in [-0.2, -0.15) is 5.26 Å². The highest BCUT2D eigenvalue weighted by Gasteiger charge is 1.97. The second-order valence-electron chi connectivity index (χ2n) is 3.12. The van der Waals surface area contributed by atoms with E-state index in [4.69, 9.17) is 5.26 Å².